The number of rotatable bonds is 6. The predicted molar refractivity (Wildman–Crippen MR) is 115 cm³/mol. The third-order valence-electron chi connectivity index (χ3n) is 4.75. The Bertz CT molecular complexity index is 1160. The Morgan fingerprint density at radius 1 is 0.935 bits per heavy atom. The fourth-order valence-corrected chi connectivity index (χ4v) is 5.58. The van der Waals surface area contributed by atoms with Gasteiger partial charge in [-0.3, -0.25) is 0 Å². The maximum Gasteiger partial charge on any atom is 0.449 e. The van der Waals surface area contributed by atoms with E-state index in [9.17, 15) is 21.6 Å². The van der Waals surface area contributed by atoms with Crippen molar-refractivity contribution in [3.05, 3.63) is 86.8 Å². The zero-order chi connectivity index (χ0) is 23.0. The quantitative estimate of drug-likeness (QED) is 0.382. The van der Waals surface area contributed by atoms with E-state index in [1.54, 1.807) is 50.2 Å². The highest BCUT2D eigenvalue weighted by atomic mass is 79.9. The van der Waals surface area contributed by atoms with E-state index in [0.29, 0.717) is 16.7 Å². The van der Waals surface area contributed by atoms with Crippen molar-refractivity contribution in [1.82, 2.24) is 4.31 Å². The molecule has 0 saturated carbocycles. The van der Waals surface area contributed by atoms with Crippen LogP contribution in [0.4, 0.5) is 13.2 Å². The van der Waals surface area contributed by atoms with Crippen LogP contribution in [0.2, 0.25) is 0 Å². The molecule has 0 saturated heterocycles. The normalized spacial score (nSPS) is 12.5. The summed E-state index contributed by atoms with van der Waals surface area (Å²) in [5.41, 5.74) is 2.77. The van der Waals surface area contributed by atoms with Crippen LogP contribution >= 0.6 is 15.9 Å². The Morgan fingerprint density at radius 3 is 2.03 bits per heavy atom. The van der Waals surface area contributed by atoms with Crippen molar-refractivity contribution in [3.63, 3.8) is 0 Å². The topological polar surface area (TPSA) is 50.5 Å². The van der Waals surface area contributed by atoms with Crippen molar-refractivity contribution in [2.75, 3.05) is 0 Å². The van der Waals surface area contributed by atoms with Gasteiger partial charge in [0, 0.05) is 11.0 Å². The van der Waals surface area contributed by atoms with Gasteiger partial charge < -0.3 is 4.42 Å². The van der Waals surface area contributed by atoms with E-state index < -0.39 is 22.0 Å². The fourth-order valence-electron chi connectivity index (χ4n) is 3.51. The number of benzene rings is 2. The molecular formula is C22H21BrF3NO3S. The average Bonchev–Trinajstić information content (AvgIpc) is 3.11. The first kappa shape index (κ1) is 23.6. The van der Waals surface area contributed by atoms with Crippen LogP contribution in [0.3, 0.4) is 0 Å². The largest absolute Gasteiger partial charge is 0.455 e. The lowest BCUT2D eigenvalue weighted by molar-refractivity contribution is -0.153. The molecule has 0 unspecified atom stereocenters. The molecule has 3 aromatic rings. The molecule has 0 aliphatic carbocycles. The van der Waals surface area contributed by atoms with Gasteiger partial charge in [-0.05, 0) is 61.7 Å². The minimum Gasteiger partial charge on any atom is -0.455 e. The molecule has 0 spiro atoms. The second-order valence-corrected chi connectivity index (χ2v) is 10.2. The van der Waals surface area contributed by atoms with Gasteiger partial charge in [-0.15, -0.1) is 0 Å². The summed E-state index contributed by atoms with van der Waals surface area (Å²) in [5.74, 6) is -1.25. The van der Waals surface area contributed by atoms with Gasteiger partial charge in [0.15, 0.2) is 0 Å². The lowest BCUT2D eigenvalue weighted by Crippen LogP contribution is -2.31. The number of hydrogen-bond donors (Lipinski definition) is 0. The third-order valence-corrected chi connectivity index (χ3v) is 7.37. The Kier molecular flexibility index (Phi) is 6.69. The number of nitrogens with zero attached hydrogens (tertiary/aromatic N) is 1. The Hall–Kier alpha value is -2.10. The molecule has 0 amide bonds. The number of furan rings is 1. The summed E-state index contributed by atoms with van der Waals surface area (Å²) in [5, 5.41) is 0. The number of aryl methyl sites for hydroxylation is 3. The molecule has 1 aromatic heterocycles. The average molecular weight is 516 g/mol. The van der Waals surface area contributed by atoms with Gasteiger partial charge in [0.25, 0.3) is 0 Å². The zero-order valence-corrected chi connectivity index (χ0v) is 19.5. The molecule has 2 aromatic carbocycles. The summed E-state index contributed by atoms with van der Waals surface area (Å²) in [6.07, 6.45) is -4.64. The molecule has 1 heterocycles. The summed E-state index contributed by atoms with van der Waals surface area (Å²) in [6, 6.07) is 12.6. The first-order valence-electron chi connectivity index (χ1n) is 9.36. The van der Waals surface area contributed by atoms with Crippen molar-refractivity contribution >= 4 is 26.0 Å². The Morgan fingerprint density at radius 2 is 1.52 bits per heavy atom. The van der Waals surface area contributed by atoms with Crippen molar-refractivity contribution < 1.29 is 26.0 Å². The molecule has 31 heavy (non-hydrogen) atoms. The highest BCUT2D eigenvalue weighted by molar-refractivity contribution is 9.10. The number of hydrogen-bond acceptors (Lipinski definition) is 3. The molecule has 0 bridgehead atoms. The van der Waals surface area contributed by atoms with Crippen LogP contribution in [0, 0.1) is 20.8 Å². The SMILES string of the molecule is Cc1cc(C)c(S(=O)(=O)N(Cc2ccc(Br)cc2)Cc2ccc(C(F)(F)F)o2)c(C)c1. The Balaban J connectivity index is 2.04. The molecule has 0 radical (unpaired) electrons. The summed E-state index contributed by atoms with van der Waals surface area (Å²) in [7, 11) is -4.03. The van der Waals surface area contributed by atoms with E-state index >= 15 is 0 Å². The molecular weight excluding hydrogens is 495 g/mol. The van der Waals surface area contributed by atoms with Crippen LogP contribution in [0.15, 0.2) is 62.3 Å². The van der Waals surface area contributed by atoms with E-state index in [4.69, 9.17) is 4.42 Å². The van der Waals surface area contributed by atoms with Gasteiger partial charge in [0.2, 0.25) is 15.8 Å². The van der Waals surface area contributed by atoms with Crippen molar-refractivity contribution in [1.29, 1.82) is 0 Å². The molecule has 0 atom stereocenters. The Labute approximate surface area is 187 Å². The monoisotopic (exact) mass is 515 g/mol. The lowest BCUT2D eigenvalue weighted by atomic mass is 10.1. The van der Waals surface area contributed by atoms with Crippen LogP contribution < -0.4 is 0 Å². The highest BCUT2D eigenvalue weighted by Crippen LogP contribution is 2.32. The van der Waals surface area contributed by atoms with Crippen LogP contribution in [0.5, 0.6) is 0 Å². The molecule has 0 N–H and O–H groups in total. The molecule has 0 aliphatic heterocycles. The van der Waals surface area contributed by atoms with E-state index in [1.165, 1.54) is 0 Å². The van der Waals surface area contributed by atoms with Crippen LogP contribution in [0.25, 0.3) is 0 Å². The van der Waals surface area contributed by atoms with E-state index in [-0.39, 0.29) is 23.7 Å². The van der Waals surface area contributed by atoms with Crippen LogP contribution in [0.1, 0.15) is 33.8 Å². The third kappa shape index (κ3) is 5.39. The van der Waals surface area contributed by atoms with Crippen molar-refractivity contribution in [3.8, 4) is 0 Å². The standard InChI is InChI=1S/C22H21BrF3NO3S/c1-14-10-15(2)21(16(3)11-14)31(28,29)27(12-17-4-6-18(23)7-5-17)13-19-8-9-20(30-19)22(24,25)26/h4-11H,12-13H2,1-3H3. The van der Waals surface area contributed by atoms with E-state index in [0.717, 1.165) is 26.5 Å². The number of sulfonamides is 1. The maximum atomic E-state index is 13.6. The second-order valence-electron chi connectivity index (χ2n) is 7.39. The predicted octanol–water partition coefficient (Wildman–Crippen LogP) is 6.38. The lowest BCUT2D eigenvalue weighted by Gasteiger charge is -2.24. The van der Waals surface area contributed by atoms with E-state index in [2.05, 4.69) is 15.9 Å². The van der Waals surface area contributed by atoms with Gasteiger partial charge in [0.05, 0.1) is 11.4 Å². The van der Waals surface area contributed by atoms with Gasteiger partial charge >= 0.3 is 6.18 Å². The molecule has 9 heteroatoms. The summed E-state index contributed by atoms with van der Waals surface area (Å²) >= 11 is 3.34. The molecule has 4 nitrogen and oxygen atoms in total. The highest BCUT2D eigenvalue weighted by Gasteiger charge is 2.36. The molecule has 0 aliphatic rings. The van der Waals surface area contributed by atoms with Gasteiger partial charge in [-0.25, -0.2) is 8.42 Å². The summed E-state index contributed by atoms with van der Waals surface area (Å²) in [6.45, 7) is 4.93. The van der Waals surface area contributed by atoms with Gasteiger partial charge in [-0.2, -0.15) is 17.5 Å². The van der Waals surface area contributed by atoms with Gasteiger partial charge in [-0.1, -0.05) is 45.8 Å². The summed E-state index contributed by atoms with van der Waals surface area (Å²) in [4.78, 5) is 0.151. The fraction of sp³-hybridized carbons (Fsp3) is 0.273. The summed E-state index contributed by atoms with van der Waals surface area (Å²) < 4.78 is 72.9. The maximum absolute atomic E-state index is 13.6. The number of halogens is 4. The van der Waals surface area contributed by atoms with E-state index in [1.807, 2.05) is 6.92 Å². The van der Waals surface area contributed by atoms with Crippen molar-refractivity contribution in [2.24, 2.45) is 0 Å². The second kappa shape index (κ2) is 8.80. The first-order valence-corrected chi connectivity index (χ1v) is 11.6. The molecule has 166 valence electrons. The molecule has 0 fully saturated rings. The number of alkyl halides is 3. The minimum absolute atomic E-state index is 0.0234. The first-order chi connectivity index (χ1) is 14.4. The van der Waals surface area contributed by atoms with Crippen molar-refractivity contribution in [2.45, 2.75) is 44.9 Å². The van der Waals surface area contributed by atoms with Crippen LogP contribution in [-0.4, -0.2) is 12.7 Å². The minimum atomic E-state index is -4.64. The smallest absolute Gasteiger partial charge is 0.449 e. The zero-order valence-electron chi connectivity index (χ0n) is 17.1. The van der Waals surface area contributed by atoms with Crippen LogP contribution in [-0.2, 0) is 29.3 Å². The van der Waals surface area contributed by atoms with Gasteiger partial charge in [0.1, 0.15) is 5.76 Å². The molecule has 3 rings (SSSR count).